The van der Waals surface area contributed by atoms with Gasteiger partial charge >= 0.3 is 0 Å². The lowest BCUT2D eigenvalue weighted by atomic mass is 10.1. The summed E-state index contributed by atoms with van der Waals surface area (Å²) in [5.74, 6) is 0. The molecule has 0 aliphatic carbocycles. The van der Waals surface area contributed by atoms with Crippen LogP contribution in [0.5, 0.6) is 0 Å². The zero-order chi connectivity index (χ0) is 12.7. The summed E-state index contributed by atoms with van der Waals surface area (Å²) >= 11 is 0. The number of hydrogen-bond acceptors (Lipinski definition) is 2. The number of hydrogen-bond donors (Lipinski definition) is 1. The van der Waals surface area contributed by atoms with Crippen molar-refractivity contribution in [3.8, 4) is 0 Å². The fourth-order valence-electron chi connectivity index (χ4n) is 2.05. The van der Waals surface area contributed by atoms with Crippen LogP contribution in [-0.2, 0) is 6.54 Å². The van der Waals surface area contributed by atoms with Crippen molar-refractivity contribution in [2.45, 2.75) is 40.2 Å². The minimum Gasteiger partial charge on any atom is -0.329 e. The average molecular weight is 234 g/mol. The predicted octanol–water partition coefficient (Wildman–Crippen LogP) is 2.86. The van der Waals surface area contributed by atoms with E-state index >= 15 is 0 Å². The number of rotatable bonds is 7. The normalized spacial score (nSPS) is 11.1. The van der Waals surface area contributed by atoms with E-state index in [0.717, 1.165) is 26.2 Å². The maximum atomic E-state index is 5.68. The lowest BCUT2D eigenvalue weighted by Crippen LogP contribution is -2.30. The minimum absolute atomic E-state index is 0.745. The van der Waals surface area contributed by atoms with E-state index < -0.39 is 0 Å². The van der Waals surface area contributed by atoms with E-state index in [1.807, 2.05) is 0 Å². The molecule has 0 saturated heterocycles. The molecule has 2 nitrogen and oxygen atoms in total. The monoisotopic (exact) mass is 234 g/mol. The number of aryl methyl sites for hydroxylation is 2. The summed E-state index contributed by atoms with van der Waals surface area (Å²) in [6, 6.07) is 6.69. The zero-order valence-corrected chi connectivity index (χ0v) is 11.5. The quantitative estimate of drug-likeness (QED) is 0.786. The molecule has 1 aromatic rings. The molecule has 0 heterocycles. The van der Waals surface area contributed by atoms with Gasteiger partial charge in [0.1, 0.15) is 0 Å². The van der Waals surface area contributed by atoms with Gasteiger partial charge in [0.2, 0.25) is 0 Å². The van der Waals surface area contributed by atoms with E-state index in [1.165, 1.54) is 29.5 Å². The van der Waals surface area contributed by atoms with Gasteiger partial charge < -0.3 is 5.73 Å². The summed E-state index contributed by atoms with van der Waals surface area (Å²) in [7, 11) is 0. The molecule has 0 aliphatic rings. The molecule has 0 atom stereocenters. The largest absolute Gasteiger partial charge is 0.329 e. The van der Waals surface area contributed by atoms with Gasteiger partial charge in [0.05, 0.1) is 0 Å². The van der Waals surface area contributed by atoms with Gasteiger partial charge in [0.15, 0.2) is 0 Å². The number of unbranched alkanes of at least 4 members (excludes halogenated alkanes) is 1. The highest BCUT2D eigenvalue weighted by Crippen LogP contribution is 2.13. The summed E-state index contributed by atoms with van der Waals surface area (Å²) in [5.41, 5.74) is 9.85. The average Bonchev–Trinajstić information content (AvgIpc) is 2.31. The summed E-state index contributed by atoms with van der Waals surface area (Å²) in [6.07, 6.45) is 2.50. The van der Waals surface area contributed by atoms with Crippen molar-refractivity contribution in [2.24, 2.45) is 5.73 Å². The molecule has 2 heteroatoms. The van der Waals surface area contributed by atoms with Crippen molar-refractivity contribution >= 4 is 0 Å². The summed E-state index contributed by atoms with van der Waals surface area (Å²) in [4.78, 5) is 2.46. The molecule has 0 saturated carbocycles. The third kappa shape index (κ3) is 4.88. The smallest absolute Gasteiger partial charge is 0.0237 e. The highest BCUT2D eigenvalue weighted by molar-refractivity contribution is 5.30. The topological polar surface area (TPSA) is 29.3 Å². The van der Waals surface area contributed by atoms with Gasteiger partial charge in [0.25, 0.3) is 0 Å². The molecule has 2 N–H and O–H groups in total. The first-order valence-corrected chi connectivity index (χ1v) is 6.66. The molecular formula is C15H26N2. The van der Waals surface area contributed by atoms with Crippen LogP contribution in [0.1, 0.15) is 36.5 Å². The van der Waals surface area contributed by atoms with Gasteiger partial charge in [0, 0.05) is 19.6 Å². The minimum atomic E-state index is 0.745. The molecule has 1 aromatic carbocycles. The molecule has 1 rings (SSSR count). The van der Waals surface area contributed by atoms with Gasteiger partial charge in [-0.25, -0.2) is 0 Å². The van der Waals surface area contributed by atoms with Crippen LogP contribution in [-0.4, -0.2) is 24.5 Å². The van der Waals surface area contributed by atoms with Gasteiger partial charge in [-0.05, 0) is 37.9 Å². The first kappa shape index (κ1) is 14.2. The molecule has 17 heavy (non-hydrogen) atoms. The van der Waals surface area contributed by atoms with Crippen LogP contribution in [0.25, 0.3) is 0 Å². The molecule has 0 amide bonds. The molecule has 0 bridgehead atoms. The fourth-order valence-corrected chi connectivity index (χ4v) is 2.05. The lowest BCUT2D eigenvalue weighted by molar-refractivity contribution is 0.268. The predicted molar refractivity (Wildman–Crippen MR) is 75.2 cm³/mol. The van der Waals surface area contributed by atoms with Crippen molar-refractivity contribution < 1.29 is 0 Å². The van der Waals surface area contributed by atoms with Crippen molar-refractivity contribution in [3.05, 3.63) is 34.9 Å². The molecule has 0 spiro atoms. The zero-order valence-electron chi connectivity index (χ0n) is 11.5. The van der Waals surface area contributed by atoms with Gasteiger partial charge in [-0.15, -0.1) is 0 Å². The van der Waals surface area contributed by atoms with Crippen molar-refractivity contribution in [1.29, 1.82) is 0 Å². The lowest BCUT2D eigenvalue weighted by Gasteiger charge is -2.22. The Kier molecular flexibility index (Phi) is 6.23. The molecule has 0 unspecified atom stereocenters. The molecule has 0 aliphatic heterocycles. The Labute approximate surface area is 106 Å². The number of benzene rings is 1. The van der Waals surface area contributed by atoms with E-state index in [0.29, 0.717) is 0 Å². The van der Waals surface area contributed by atoms with Crippen LogP contribution < -0.4 is 5.73 Å². The van der Waals surface area contributed by atoms with E-state index in [2.05, 4.69) is 43.9 Å². The highest BCUT2D eigenvalue weighted by atomic mass is 15.1. The Morgan fingerprint density at radius 2 is 1.94 bits per heavy atom. The third-order valence-corrected chi connectivity index (χ3v) is 3.17. The summed E-state index contributed by atoms with van der Waals surface area (Å²) in [5, 5.41) is 0. The Balaban J connectivity index is 2.67. The second-order valence-electron chi connectivity index (χ2n) is 4.85. The van der Waals surface area contributed by atoms with Gasteiger partial charge in [-0.1, -0.05) is 37.1 Å². The Morgan fingerprint density at radius 3 is 2.59 bits per heavy atom. The number of nitrogens with zero attached hydrogens (tertiary/aromatic N) is 1. The maximum absolute atomic E-state index is 5.68. The van der Waals surface area contributed by atoms with Crippen LogP contribution in [0.3, 0.4) is 0 Å². The summed E-state index contributed by atoms with van der Waals surface area (Å²) in [6.45, 7) is 10.5. The maximum Gasteiger partial charge on any atom is 0.0237 e. The van der Waals surface area contributed by atoms with Crippen LogP contribution in [0.4, 0.5) is 0 Å². The van der Waals surface area contributed by atoms with Crippen molar-refractivity contribution in [3.63, 3.8) is 0 Å². The first-order chi connectivity index (χ1) is 8.17. The second-order valence-corrected chi connectivity index (χ2v) is 4.85. The SMILES string of the molecule is CCCCN(CCN)Cc1cc(C)ccc1C. The van der Waals surface area contributed by atoms with Crippen molar-refractivity contribution in [1.82, 2.24) is 4.90 Å². The van der Waals surface area contributed by atoms with Crippen LogP contribution in [0.15, 0.2) is 18.2 Å². The highest BCUT2D eigenvalue weighted by Gasteiger charge is 2.06. The van der Waals surface area contributed by atoms with Gasteiger partial charge in [-0.3, -0.25) is 4.90 Å². The first-order valence-electron chi connectivity index (χ1n) is 6.66. The van der Waals surface area contributed by atoms with Gasteiger partial charge in [-0.2, -0.15) is 0 Å². The van der Waals surface area contributed by atoms with E-state index in [9.17, 15) is 0 Å². The second kappa shape index (κ2) is 7.46. The molecule has 96 valence electrons. The van der Waals surface area contributed by atoms with Crippen LogP contribution in [0, 0.1) is 13.8 Å². The standard InChI is InChI=1S/C15H26N2/c1-4-5-9-17(10-8-16)12-15-11-13(2)6-7-14(15)3/h6-7,11H,4-5,8-10,12,16H2,1-3H3. The molecule has 0 aromatic heterocycles. The van der Waals surface area contributed by atoms with Crippen molar-refractivity contribution in [2.75, 3.05) is 19.6 Å². The molecular weight excluding hydrogens is 208 g/mol. The molecule has 0 radical (unpaired) electrons. The summed E-state index contributed by atoms with van der Waals surface area (Å²) < 4.78 is 0. The Morgan fingerprint density at radius 1 is 1.18 bits per heavy atom. The Bertz CT molecular complexity index is 334. The Hall–Kier alpha value is -0.860. The fraction of sp³-hybridized carbons (Fsp3) is 0.600. The van der Waals surface area contributed by atoms with Crippen LogP contribution in [0.2, 0.25) is 0 Å². The van der Waals surface area contributed by atoms with E-state index in [4.69, 9.17) is 5.73 Å². The third-order valence-electron chi connectivity index (χ3n) is 3.17. The molecule has 0 fully saturated rings. The van der Waals surface area contributed by atoms with E-state index in [1.54, 1.807) is 0 Å². The number of nitrogens with two attached hydrogens (primary N) is 1. The van der Waals surface area contributed by atoms with E-state index in [-0.39, 0.29) is 0 Å². The van der Waals surface area contributed by atoms with Crippen LogP contribution >= 0.6 is 0 Å².